The summed E-state index contributed by atoms with van der Waals surface area (Å²) in [5, 5.41) is 8.98. The lowest BCUT2D eigenvalue weighted by molar-refractivity contribution is 0.0701. The van der Waals surface area contributed by atoms with E-state index >= 15 is 0 Å². The zero-order valence-corrected chi connectivity index (χ0v) is 13.1. The van der Waals surface area contributed by atoms with E-state index in [4.69, 9.17) is 5.11 Å². The summed E-state index contributed by atoms with van der Waals surface area (Å²) in [6, 6.07) is 3.16. The first kappa shape index (κ1) is 15.6. The van der Waals surface area contributed by atoms with Crippen molar-refractivity contribution in [2.45, 2.75) is 24.6 Å². The molecular weight excluding hydrogens is 312 g/mol. The number of sulfonamides is 1. The van der Waals surface area contributed by atoms with Gasteiger partial charge in [-0.2, -0.15) is 0 Å². The highest BCUT2D eigenvalue weighted by atomic mass is 32.2. The molecule has 0 saturated heterocycles. The second kappa shape index (κ2) is 5.92. The van der Waals surface area contributed by atoms with Gasteiger partial charge >= 0.3 is 5.97 Å². The van der Waals surface area contributed by atoms with Gasteiger partial charge in [-0.15, -0.1) is 11.3 Å². The van der Waals surface area contributed by atoms with E-state index in [0.717, 1.165) is 22.5 Å². The van der Waals surface area contributed by atoms with Gasteiger partial charge in [0, 0.05) is 18.9 Å². The van der Waals surface area contributed by atoms with Crippen LogP contribution in [0, 0.1) is 13.8 Å². The lowest BCUT2D eigenvalue weighted by Crippen LogP contribution is -2.22. The molecule has 2 N–H and O–H groups in total. The topological polar surface area (TPSA) is 96.4 Å². The van der Waals surface area contributed by atoms with Crippen LogP contribution in [-0.2, 0) is 16.6 Å². The summed E-state index contributed by atoms with van der Waals surface area (Å²) in [4.78, 5) is 15.0. The number of aromatic carboxylic acids is 1. The molecule has 0 fully saturated rings. The Kier molecular flexibility index (Phi) is 4.40. The molecule has 2 rings (SSSR count). The minimum absolute atomic E-state index is 0.000978. The fourth-order valence-corrected chi connectivity index (χ4v) is 4.15. The van der Waals surface area contributed by atoms with Crippen molar-refractivity contribution < 1.29 is 18.3 Å². The molecule has 0 aliphatic carbocycles. The van der Waals surface area contributed by atoms with E-state index in [1.807, 2.05) is 6.92 Å². The zero-order valence-electron chi connectivity index (χ0n) is 11.5. The number of rotatable bonds is 5. The number of carbonyl (C=O) groups is 1. The smallest absolute Gasteiger partial charge is 0.346 e. The van der Waals surface area contributed by atoms with E-state index in [0.29, 0.717) is 5.56 Å². The Balaban J connectivity index is 2.21. The summed E-state index contributed by atoms with van der Waals surface area (Å²) in [6.07, 6.45) is 3.23. The van der Waals surface area contributed by atoms with Crippen molar-refractivity contribution >= 4 is 27.3 Å². The molecule has 0 bridgehead atoms. The minimum Gasteiger partial charge on any atom is -0.477 e. The predicted molar refractivity (Wildman–Crippen MR) is 79.0 cm³/mol. The van der Waals surface area contributed by atoms with E-state index < -0.39 is 16.0 Å². The molecule has 0 unspecified atom stereocenters. The predicted octanol–water partition coefficient (Wildman–Crippen LogP) is 1.94. The average molecular weight is 326 g/mol. The minimum atomic E-state index is -3.73. The molecule has 0 saturated carbocycles. The van der Waals surface area contributed by atoms with Crippen LogP contribution in [0.25, 0.3) is 0 Å². The monoisotopic (exact) mass is 326 g/mol. The van der Waals surface area contributed by atoms with Crippen molar-refractivity contribution in [2.75, 3.05) is 0 Å². The largest absolute Gasteiger partial charge is 0.477 e. The van der Waals surface area contributed by atoms with Gasteiger partial charge in [-0.05, 0) is 42.7 Å². The molecule has 0 radical (unpaired) electrons. The number of nitrogens with zero attached hydrogens (tertiary/aromatic N) is 1. The maximum absolute atomic E-state index is 12.2. The molecule has 8 heteroatoms. The Morgan fingerprint density at radius 3 is 2.67 bits per heavy atom. The lowest BCUT2D eigenvalue weighted by atomic mass is 10.2. The van der Waals surface area contributed by atoms with E-state index in [-0.39, 0.29) is 15.6 Å². The molecule has 112 valence electrons. The van der Waals surface area contributed by atoms with Crippen LogP contribution in [0.4, 0.5) is 0 Å². The van der Waals surface area contributed by atoms with Crippen LogP contribution in [0.1, 0.15) is 26.4 Å². The van der Waals surface area contributed by atoms with Gasteiger partial charge in [0.05, 0.1) is 0 Å². The van der Waals surface area contributed by atoms with Gasteiger partial charge in [0.1, 0.15) is 9.09 Å². The maximum atomic E-state index is 12.2. The number of nitrogens with one attached hydrogen (secondary N) is 1. The second-order valence-corrected chi connectivity index (χ2v) is 7.56. The number of pyridine rings is 1. The van der Waals surface area contributed by atoms with Crippen LogP contribution in [0.3, 0.4) is 0 Å². The highest BCUT2D eigenvalue weighted by molar-refractivity contribution is 7.91. The molecule has 0 amide bonds. The molecule has 0 aromatic carbocycles. The van der Waals surface area contributed by atoms with Crippen molar-refractivity contribution in [1.82, 2.24) is 9.71 Å². The Morgan fingerprint density at radius 1 is 1.38 bits per heavy atom. The summed E-state index contributed by atoms with van der Waals surface area (Å²) < 4.78 is 26.8. The first-order chi connectivity index (χ1) is 9.81. The van der Waals surface area contributed by atoms with Gasteiger partial charge in [0.25, 0.3) is 0 Å². The third-order valence-corrected chi connectivity index (χ3v) is 6.05. The number of aryl methyl sites for hydroxylation is 2. The maximum Gasteiger partial charge on any atom is 0.346 e. The Morgan fingerprint density at radius 2 is 2.10 bits per heavy atom. The SMILES string of the molecule is Cc1ccncc1CNS(=O)(=O)c1cc(C)c(C(=O)O)s1. The van der Waals surface area contributed by atoms with Crippen molar-refractivity contribution in [3.8, 4) is 0 Å². The van der Waals surface area contributed by atoms with Gasteiger partial charge in [0.2, 0.25) is 10.0 Å². The van der Waals surface area contributed by atoms with E-state index in [1.54, 1.807) is 25.4 Å². The average Bonchev–Trinajstić information content (AvgIpc) is 2.81. The molecule has 0 atom stereocenters. The van der Waals surface area contributed by atoms with Gasteiger partial charge in [-0.3, -0.25) is 4.98 Å². The fourth-order valence-electron chi connectivity index (χ4n) is 1.72. The molecular formula is C13H14N2O4S2. The summed E-state index contributed by atoms with van der Waals surface area (Å²) in [7, 11) is -3.73. The molecule has 0 aliphatic heterocycles. The molecule has 2 aromatic rings. The molecule has 0 spiro atoms. The first-order valence-electron chi connectivity index (χ1n) is 6.04. The van der Waals surface area contributed by atoms with E-state index in [1.165, 1.54) is 6.07 Å². The van der Waals surface area contributed by atoms with Gasteiger partial charge < -0.3 is 5.11 Å². The first-order valence-corrected chi connectivity index (χ1v) is 8.34. The second-order valence-electron chi connectivity index (χ2n) is 4.51. The van der Waals surface area contributed by atoms with Crippen LogP contribution in [0.5, 0.6) is 0 Å². The van der Waals surface area contributed by atoms with E-state index in [9.17, 15) is 13.2 Å². The fraction of sp³-hybridized carbons (Fsp3) is 0.231. The summed E-state index contributed by atoms with van der Waals surface area (Å²) in [5.74, 6) is -1.12. The normalized spacial score (nSPS) is 11.5. The number of hydrogen-bond acceptors (Lipinski definition) is 5. The van der Waals surface area contributed by atoms with Crippen molar-refractivity contribution in [3.63, 3.8) is 0 Å². The summed E-state index contributed by atoms with van der Waals surface area (Å²) in [5.41, 5.74) is 2.14. The third kappa shape index (κ3) is 3.46. The van der Waals surface area contributed by atoms with Crippen molar-refractivity contribution in [2.24, 2.45) is 0 Å². The molecule has 2 heterocycles. The number of carboxylic acids is 1. The van der Waals surface area contributed by atoms with Crippen molar-refractivity contribution in [3.05, 3.63) is 46.1 Å². The number of carboxylic acid groups (broad SMARTS) is 1. The standard InChI is InChI=1S/C13H14N2O4S2/c1-8-3-4-14-6-10(8)7-15-21(18,19)11-5-9(2)12(20-11)13(16)17/h3-6,15H,7H2,1-2H3,(H,16,17). The summed E-state index contributed by atoms with van der Waals surface area (Å²) in [6.45, 7) is 3.55. The Bertz CT molecular complexity index is 781. The van der Waals surface area contributed by atoms with Crippen molar-refractivity contribution in [1.29, 1.82) is 0 Å². The highest BCUT2D eigenvalue weighted by Crippen LogP contribution is 2.26. The van der Waals surface area contributed by atoms with Gasteiger partial charge in [-0.25, -0.2) is 17.9 Å². The van der Waals surface area contributed by atoms with E-state index in [2.05, 4.69) is 9.71 Å². The molecule has 0 aliphatic rings. The lowest BCUT2D eigenvalue weighted by Gasteiger charge is -2.06. The quantitative estimate of drug-likeness (QED) is 0.875. The Hall–Kier alpha value is -1.77. The number of thiophene rings is 1. The summed E-state index contributed by atoms with van der Waals surface area (Å²) >= 11 is 0.748. The van der Waals surface area contributed by atoms with Crippen LogP contribution in [0.2, 0.25) is 0 Å². The molecule has 21 heavy (non-hydrogen) atoms. The molecule has 2 aromatic heterocycles. The van der Waals surface area contributed by atoms with Gasteiger partial charge in [-0.1, -0.05) is 0 Å². The van der Waals surface area contributed by atoms with Gasteiger partial charge in [0.15, 0.2) is 0 Å². The van der Waals surface area contributed by atoms with Crippen LogP contribution < -0.4 is 4.72 Å². The number of hydrogen-bond donors (Lipinski definition) is 2. The highest BCUT2D eigenvalue weighted by Gasteiger charge is 2.21. The third-order valence-electron chi connectivity index (χ3n) is 2.95. The Labute approximate surface area is 126 Å². The molecule has 6 nitrogen and oxygen atoms in total. The zero-order chi connectivity index (χ0) is 15.6. The van der Waals surface area contributed by atoms with Crippen LogP contribution in [-0.4, -0.2) is 24.5 Å². The number of aromatic nitrogens is 1. The van der Waals surface area contributed by atoms with Crippen LogP contribution in [0.15, 0.2) is 28.7 Å². The van der Waals surface area contributed by atoms with Crippen LogP contribution >= 0.6 is 11.3 Å².